The van der Waals surface area contributed by atoms with Crippen LogP contribution in [-0.2, 0) is 7.05 Å². The Kier molecular flexibility index (Phi) is 5.04. The van der Waals surface area contributed by atoms with Gasteiger partial charge >= 0.3 is 0 Å². The topological polar surface area (TPSA) is 73.1 Å². The van der Waals surface area contributed by atoms with E-state index in [1.54, 1.807) is 0 Å². The van der Waals surface area contributed by atoms with E-state index in [-0.39, 0.29) is 6.79 Å². The molecule has 0 spiro atoms. The molecular formula is C19H25N5O3. The summed E-state index contributed by atoms with van der Waals surface area (Å²) in [6.07, 6.45) is 5.17. The molecule has 2 aliphatic heterocycles. The van der Waals surface area contributed by atoms with Gasteiger partial charge in [-0.15, -0.1) is 0 Å². The van der Waals surface area contributed by atoms with Crippen LogP contribution in [0.25, 0.3) is 0 Å². The standard InChI is InChI=1S/C19H25N5O3/c1-20-19(24-7-5-14(12-24)15-10-22-23(2)11-15)21-6-8-25-16-3-4-17-18(9-16)27-13-26-17/h3-4,9-11,14H,5-8,12-13H2,1-2H3,(H,20,21). The summed E-state index contributed by atoms with van der Waals surface area (Å²) in [5.41, 5.74) is 1.29. The monoisotopic (exact) mass is 371 g/mol. The summed E-state index contributed by atoms with van der Waals surface area (Å²) in [6.45, 7) is 3.43. The fourth-order valence-electron chi connectivity index (χ4n) is 3.51. The van der Waals surface area contributed by atoms with E-state index in [2.05, 4.69) is 26.5 Å². The lowest BCUT2D eigenvalue weighted by Gasteiger charge is -2.21. The van der Waals surface area contributed by atoms with Gasteiger partial charge in [0.25, 0.3) is 0 Å². The van der Waals surface area contributed by atoms with Crippen LogP contribution in [-0.4, -0.2) is 60.7 Å². The van der Waals surface area contributed by atoms with Crippen LogP contribution in [0.15, 0.2) is 35.6 Å². The summed E-state index contributed by atoms with van der Waals surface area (Å²) in [5, 5.41) is 7.67. The molecule has 1 fully saturated rings. The highest BCUT2D eigenvalue weighted by molar-refractivity contribution is 5.80. The number of rotatable bonds is 5. The first-order valence-electron chi connectivity index (χ1n) is 9.19. The van der Waals surface area contributed by atoms with Crippen molar-refractivity contribution in [3.63, 3.8) is 0 Å². The maximum Gasteiger partial charge on any atom is 0.231 e. The third-order valence-corrected chi connectivity index (χ3v) is 4.89. The molecule has 144 valence electrons. The van der Waals surface area contributed by atoms with Crippen molar-refractivity contribution in [3.8, 4) is 17.2 Å². The molecule has 0 radical (unpaired) electrons. The lowest BCUT2D eigenvalue weighted by Crippen LogP contribution is -2.41. The molecule has 0 aliphatic carbocycles. The van der Waals surface area contributed by atoms with E-state index in [1.165, 1.54) is 5.56 Å². The first-order chi connectivity index (χ1) is 13.2. The lowest BCUT2D eigenvalue weighted by molar-refractivity contribution is 0.173. The maximum atomic E-state index is 5.80. The summed E-state index contributed by atoms with van der Waals surface area (Å²) < 4.78 is 18.3. The molecule has 1 N–H and O–H groups in total. The molecule has 4 rings (SSSR count). The number of guanidine groups is 1. The molecule has 8 nitrogen and oxygen atoms in total. The van der Waals surface area contributed by atoms with Crippen LogP contribution in [0.2, 0.25) is 0 Å². The Balaban J connectivity index is 1.24. The number of fused-ring (bicyclic) bond motifs is 1. The van der Waals surface area contributed by atoms with Gasteiger partial charge in [0, 0.05) is 45.4 Å². The molecule has 2 aliphatic rings. The maximum absolute atomic E-state index is 5.80. The Labute approximate surface area is 158 Å². The van der Waals surface area contributed by atoms with E-state index in [0.29, 0.717) is 19.1 Å². The number of nitrogens with one attached hydrogen (secondary N) is 1. The molecule has 3 heterocycles. The highest BCUT2D eigenvalue weighted by Gasteiger charge is 2.26. The zero-order valence-electron chi connectivity index (χ0n) is 15.7. The van der Waals surface area contributed by atoms with Crippen LogP contribution in [0.3, 0.4) is 0 Å². The average molecular weight is 371 g/mol. The normalized spacial score (nSPS) is 18.8. The summed E-state index contributed by atoms with van der Waals surface area (Å²) in [7, 11) is 3.77. The Morgan fingerprint density at radius 1 is 1.37 bits per heavy atom. The first kappa shape index (κ1) is 17.5. The van der Waals surface area contributed by atoms with Crippen molar-refractivity contribution in [2.75, 3.05) is 40.1 Å². The molecule has 1 saturated heterocycles. The van der Waals surface area contributed by atoms with Gasteiger partial charge in [-0.05, 0) is 24.1 Å². The number of aliphatic imine (C=N–C) groups is 1. The fourth-order valence-corrected chi connectivity index (χ4v) is 3.51. The van der Waals surface area contributed by atoms with Crippen LogP contribution in [0.5, 0.6) is 17.2 Å². The zero-order valence-corrected chi connectivity index (χ0v) is 15.7. The Bertz CT molecular complexity index is 819. The number of hydrogen-bond donors (Lipinski definition) is 1. The minimum absolute atomic E-state index is 0.270. The molecular weight excluding hydrogens is 346 g/mol. The second-order valence-corrected chi connectivity index (χ2v) is 6.72. The summed E-state index contributed by atoms with van der Waals surface area (Å²) in [5.74, 6) is 3.68. The van der Waals surface area contributed by atoms with Gasteiger partial charge in [0.05, 0.1) is 12.7 Å². The Morgan fingerprint density at radius 3 is 3.07 bits per heavy atom. The number of hydrogen-bond acceptors (Lipinski definition) is 5. The van der Waals surface area contributed by atoms with Crippen LogP contribution in [0.4, 0.5) is 0 Å². The minimum atomic E-state index is 0.270. The predicted octanol–water partition coefficient (Wildman–Crippen LogP) is 1.59. The highest BCUT2D eigenvalue weighted by Crippen LogP contribution is 2.35. The molecule has 27 heavy (non-hydrogen) atoms. The van der Waals surface area contributed by atoms with Gasteiger partial charge in [0.15, 0.2) is 17.5 Å². The molecule has 1 aromatic heterocycles. The Morgan fingerprint density at radius 2 is 2.26 bits per heavy atom. The third kappa shape index (κ3) is 3.94. The van der Waals surface area contributed by atoms with Crippen LogP contribution >= 0.6 is 0 Å². The van der Waals surface area contributed by atoms with E-state index in [4.69, 9.17) is 14.2 Å². The van der Waals surface area contributed by atoms with E-state index < -0.39 is 0 Å². The van der Waals surface area contributed by atoms with E-state index in [0.717, 1.165) is 42.7 Å². The smallest absolute Gasteiger partial charge is 0.231 e. The molecule has 0 bridgehead atoms. The van der Waals surface area contributed by atoms with Gasteiger partial charge in [0.2, 0.25) is 6.79 Å². The SMILES string of the molecule is CN=C(NCCOc1ccc2c(c1)OCO2)N1CCC(c2cnn(C)c2)C1. The number of aromatic nitrogens is 2. The molecule has 0 saturated carbocycles. The molecule has 1 atom stereocenters. The number of nitrogens with zero attached hydrogens (tertiary/aromatic N) is 4. The average Bonchev–Trinajstić information content (AvgIpc) is 3.41. The Hall–Kier alpha value is -2.90. The van der Waals surface area contributed by atoms with Crippen molar-refractivity contribution in [2.24, 2.45) is 12.0 Å². The van der Waals surface area contributed by atoms with E-state index in [9.17, 15) is 0 Å². The fraction of sp³-hybridized carbons (Fsp3) is 0.474. The summed E-state index contributed by atoms with van der Waals surface area (Å²) in [6, 6.07) is 5.62. The summed E-state index contributed by atoms with van der Waals surface area (Å²) >= 11 is 0. The molecule has 1 aromatic carbocycles. The summed E-state index contributed by atoms with van der Waals surface area (Å²) in [4.78, 5) is 6.70. The largest absolute Gasteiger partial charge is 0.492 e. The van der Waals surface area contributed by atoms with E-state index in [1.807, 2.05) is 43.2 Å². The third-order valence-electron chi connectivity index (χ3n) is 4.89. The van der Waals surface area contributed by atoms with Crippen LogP contribution < -0.4 is 19.5 Å². The van der Waals surface area contributed by atoms with Crippen molar-refractivity contribution in [1.29, 1.82) is 0 Å². The van der Waals surface area contributed by atoms with Crippen LogP contribution in [0.1, 0.15) is 17.9 Å². The van der Waals surface area contributed by atoms with Crippen molar-refractivity contribution >= 4 is 5.96 Å². The van der Waals surface area contributed by atoms with Crippen molar-refractivity contribution in [1.82, 2.24) is 20.0 Å². The van der Waals surface area contributed by atoms with Gasteiger partial charge < -0.3 is 24.4 Å². The minimum Gasteiger partial charge on any atom is -0.492 e. The van der Waals surface area contributed by atoms with Crippen molar-refractivity contribution in [3.05, 3.63) is 36.2 Å². The lowest BCUT2D eigenvalue weighted by atomic mass is 10.0. The quantitative estimate of drug-likeness (QED) is 0.489. The second kappa shape index (κ2) is 7.77. The highest BCUT2D eigenvalue weighted by atomic mass is 16.7. The van der Waals surface area contributed by atoms with Gasteiger partial charge in [-0.25, -0.2) is 0 Å². The van der Waals surface area contributed by atoms with Crippen LogP contribution in [0, 0.1) is 0 Å². The number of likely N-dealkylation sites (tertiary alicyclic amines) is 1. The predicted molar refractivity (Wildman–Crippen MR) is 102 cm³/mol. The van der Waals surface area contributed by atoms with Crippen molar-refractivity contribution in [2.45, 2.75) is 12.3 Å². The van der Waals surface area contributed by atoms with Crippen molar-refractivity contribution < 1.29 is 14.2 Å². The van der Waals surface area contributed by atoms with Gasteiger partial charge in [-0.3, -0.25) is 9.67 Å². The van der Waals surface area contributed by atoms with Gasteiger partial charge in [-0.1, -0.05) is 0 Å². The number of aryl methyl sites for hydroxylation is 1. The first-order valence-corrected chi connectivity index (χ1v) is 9.19. The zero-order chi connectivity index (χ0) is 18.6. The number of benzene rings is 1. The number of ether oxygens (including phenoxy) is 3. The van der Waals surface area contributed by atoms with Gasteiger partial charge in [0.1, 0.15) is 12.4 Å². The van der Waals surface area contributed by atoms with Gasteiger partial charge in [-0.2, -0.15) is 5.10 Å². The molecule has 0 amide bonds. The molecule has 2 aromatic rings. The molecule has 1 unspecified atom stereocenters. The van der Waals surface area contributed by atoms with E-state index >= 15 is 0 Å². The second-order valence-electron chi connectivity index (χ2n) is 6.72. The molecule has 8 heteroatoms.